The summed E-state index contributed by atoms with van der Waals surface area (Å²) in [7, 11) is 0. The second-order valence-corrected chi connectivity index (χ2v) is 9.33. The zero-order valence-electron chi connectivity index (χ0n) is 19.5. The molecule has 0 fully saturated rings. The first-order valence-corrected chi connectivity index (χ1v) is 12.2. The van der Waals surface area contributed by atoms with Crippen LogP contribution in [0.2, 0.25) is 0 Å². The lowest BCUT2D eigenvalue weighted by Gasteiger charge is -2.27. The van der Waals surface area contributed by atoms with E-state index in [2.05, 4.69) is 128 Å². The minimum absolute atomic E-state index is 0.199. The standard InChI is InChI=1S/C34H28/c1-24-15-17-26(18-16-24)31-13-7-8-14-33(31)34(27-10-3-2-4-11-27)29-21-22-32-28(23-29)20-19-25-9-5-6-12-30(25)32/h2-6,9-23,34H,7-8H2,1H3. The van der Waals surface area contributed by atoms with Gasteiger partial charge in [-0.1, -0.05) is 127 Å². The first-order chi connectivity index (χ1) is 16.8. The molecular formula is C34H28. The molecule has 5 aromatic rings. The predicted molar refractivity (Wildman–Crippen MR) is 146 cm³/mol. The third-order valence-corrected chi connectivity index (χ3v) is 7.10. The van der Waals surface area contributed by atoms with Crippen molar-refractivity contribution in [2.75, 3.05) is 0 Å². The second-order valence-electron chi connectivity index (χ2n) is 9.33. The number of hydrogen-bond acceptors (Lipinski definition) is 0. The number of rotatable bonds is 4. The molecule has 1 atom stereocenters. The molecule has 0 N–H and O–H groups in total. The molecule has 164 valence electrons. The van der Waals surface area contributed by atoms with Crippen LogP contribution in [0.25, 0.3) is 27.1 Å². The highest BCUT2D eigenvalue weighted by molar-refractivity contribution is 6.07. The predicted octanol–water partition coefficient (Wildman–Crippen LogP) is 9.24. The van der Waals surface area contributed by atoms with Crippen molar-refractivity contribution in [1.29, 1.82) is 0 Å². The normalized spacial score (nSPS) is 14.6. The van der Waals surface area contributed by atoms with E-state index in [1.807, 2.05) is 0 Å². The lowest BCUT2D eigenvalue weighted by Crippen LogP contribution is -2.09. The number of hydrogen-bond donors (Lipinski definition) is 0. The number of benzene rings is 5. The molecular weight excluding hydrogens is 408 g/mol. The summed E-state index contributed by atoms with van der Waals surface area (Å²) in [6.07, 6.45) is 7.09. The van der Waals surface area contributed by atoms with Gasteiger partial charge in [-0.3, -0.25) is 0 Å². The highest BCUT2D eigenvalue weighted by atomic mass is 14.3. The van der Waals surface area contributed by atoms with Gasteiger partial charge in [0.15, 0.2) is 0 Å². The Bertz CT molecular complexity index is 1530. The summed E-state index contributed by atoms with van der Waals surface area (Å²) in [5, 5.41) is 5.23. The Morgan fingerprint density at radius 2 is 1.26 bits per heavy atom. The maximum atomic E-state index is 2.47. The van der Waals surface area contributed by atoms with Crippen LogP contribution in [0.3, 0.4) is 0 Å². The van der Waals surface area contributed by atoms with Crippen molar-refractivity contribution in [3.63, 3.8) is 0 Å². The first kappa shape index (κ1) is 20.7. The summed E-state index contributed by atoms with van der Waals surface area (Å²) in [6, 6.07) is 40.2. The third kappa shape index (κ3) is 3.76. The first-order valence-electron chi connectivity index (χ1n) is 12.2. The molecule has 0 bridgehead atoms. The molecule has 6 rings (SSSR count). The summed E-state index contributed by atoms with van der Waals surface area (Å²) >= 11 is 0. The largest absolute Gasteiger partial charge is 0.0794 e. The minimum Gasteiger partial charge on any atom is -0.0794 e. The van der Waals surface area contributed by atoms with Gasteiger partial charge in [-0.05, 0) is 69.1 Å². The minimum atomic E-state index is 0.199. The fraction of sp³-hybridized carbons (Fsp3) is 0.118. The van der Waals surface area contributed by atoms with Gasteiger partial charge < -0.3 is 0 Å². The SMILES string of the molecule is Cc1ccc(C2=CCCC=C2C(c2ccccc2)c2ccc3c(ccc4ccccc43)c2)cc1. The zero-order chi connectivity index (χ0) is 22.9. The molecule has 0 radical (unpaired) electrons. The Labute approximate surface area is 201 Å². The molecule has 34 heavy (non-hydrogen) atoms. The highest BCUT2D eigenvalue weighted by Crippen LogP contribution is 2.43. The summed E-state index contributed by atoms with van der Waals surface area (Å²) in [6.45, 7) is 2.15. The third-order valence-electron chi connectivity index (χ3n) is 7.10. The quantitative estimate of drug-likeness (QED) is 0.246. The Morgan fingerprint density at radius 1 is 0.559 bits per heavy atom. The molecule has 0 aliphatic heterocycles. The van der Waals surface area contributed by atoms with Crippen molar-refractivity contribution >= 4 is 27.1 Å². The Hall–Kier alpha value is -3.90. The molecule has 0 saturated carbocycles. The highest BCUT2D eigenvalue weighted by Gasteiger charge is 2.24. The van der Waals surface area contributed by atoms with Gasteiger partial charge in [0, 0.05) is 5.92 Å². The topological polar surface area (TPSA) is 0 Å². The van der Waals surface area contributed by atoms with Crippen LogP contribution in [-0.4, -0.2) is 0 Å². The number of fused-ring (bicyclic) bond motifs is 3. The van der Waals surface area contributed by atoms with Crippen LogP contribution in [-0.2, 0) is 0 Å². The lowest BCUT2D eigenvalue weighted by molar-refractivity contribution is 0.930. The summed E-state index contributed by atoms with van der Waals surface area (Å²) in [4.78, 5) is 0. The van der Waals surface area contributed by atoms with Crippen LogP contribution in [0.4, 0.5) is 0 Å². The molecule has 0 heterocycles. The monoisotopic (exact) mass is 436 g/mol. The van der Waals surface area contributed by atoms with E-state index >= 15 is 0 Å². The Morgan fingerprint density at radius 3 is 2.12 bits per heavy atom. The lowest BCUT2D eigenvalue weighted by atomic mass is 9.77. The van der Waals surface area contributed by atoms with Crippen molar-refractivity contribution in [3.8, 4) is 0 Å². The Balaban J connectivity index is 1.52. The fourth-order valence-electron chi connectivity index (χ4n) is 5.39. The second kappa shape index (κ2) is 8.80. The van der Waals surface area contributed by atoms with Crippen molar-refractivity contribution in [1.82, 2.24) is 0 Å². The van der Waals surface area contributed by atoms with Crippen molar-refractivity contribution in [2.24, 2.45) is 0 Å². The molecule has 0 saturated heterocycles. The number of allylic oxidation sites excluding steroid dienone is 4. The molecule has 0 nitrogen and oxygen atoms in total. The fourth-order valence-corrected chi connectivity index (χ4v) is 5.39. The van der Waals surface area contributed by atoms with Crippen LogP contribution in [0.1, 0.15) is 41.0 Å². The summed E-state index contributed by atoms with van der Waals surface area (Å²) < 4.78 is 0. The van der Waals surface area contributed by atoms with Gasteiger partial charge in [-0.2, -0.15) is 0 Å². The molecule has 0 aromatic heterocycles. The van der Waals surface area contributed by atoms with E-state index < -0.39 is 0 Å². The van der Waals surface area contributed by atoms with Gasteiger partial charge in [0.2, 0.25) is 0 Å². The van der Waals surface area contributed by atoms with E-state index in [0.717, 1.165) is 12.8 Å². The van der Waals surface area contributed by atoms with E-state index in [1.165, 1.54) is 54.9 Å². The van der Waals surface area contributed by atoms with Gasteiger partial charge >= 0.3 is 0 Å². The average Bonchev–Trinajstić information content (AvgIpc) is 2.90. The van der Waals surface area contributed by atoms with Crippen LogP contribution in [0, 0.1) is 6.92 Å². The maximum absolute atomic E-state index is 2.47. The van der Waals surface area contributed by atoms with Crippen LogP contribution >= 0.6 is 0 Å². The van der Waals surface area contributed by atoms with E-state index in [-0.39, 0.29) is 5.92 Å². The maximum Gasteiger partial charge on any atom is 0.0343 e. The van der Waals surface area contributed by atoms with Crippen molar-refractivity contribution < 1.29 is 0 Å². The van der Waals surface area contributed by atoms with E-state index in [9.17, 15) is 0 Å². The van der Waals surface area contributed by atoms with Gasteiger partial charge in [0.05, 0.1) is 0 Å². The van der Waals surface area contributed by atoms with Gasteiger partial charge in [0.25, 0.3) is 0 Å². The molecule has 1 aliphatic rings. The molecule has 5 aromatic carbocycles. The Kier molecular flexibility index (Phi) is 5.35. The van der Waals surface area contributed by atoms with Gasteiger partial charge in [-0.15, -0.1) is 0 Å². The molecule has 0 amide bonds. The van der Waals surface area contributed by atoms with E-state index in [1.54, 1.807) is 0 Å². The van der Waals surface area contributed by atoms with E-state index in [4.69, 9.17) is 0 Å². The molecule has 1 aliphatic carbocycles. The molecule has 0 heteroatoms. The smallest absolute Gasteiger partial charge is 0.0343 e. The van der Waals surface area contributed by atoms with Crippen molar-refractivity contribution in [2.45, 2.75) is 25.7 Å². The van der Waals surface area contributed by atoms with E-state index in [0.29, 0.717) is 0 Å². The van der Waals surface area contributed by atoms with Crippen molar-refractivity contribution in [3.05, 3.63) is 149 Å². The van der Waals surface area contributed by atoms with Gasteiger partial charge in [0.1, 0.15) is 0 Å². The molecule has 1 unspecified atom stereocenters. The zero-order valence-corrected chi connectivity index (χ0v) is 19.5. The summed E-state index contributed by atoms with van der Waals surface area (Å²) in [5.41, 5.74) is 8.09. The summed E-state index contributed by atoms with van der Waals surface area (Å²) in [5.74, 6) is 0.199. The van der Waals surface area contributed by atoms with Crippen LogP contribution in [0.15, 0.2) is 127 Å². The van der Waals surface area contributed by atoms with Crippen LogP contribution < -0.4 is 0 Å². The number of aryl methyl sites for hydroxylation is 1. The molecule has 0 spiro atoms. The average molecular weight is 437 g/mol. The van der Waals surface area contributed by atoms with Gasteiger partial charge in [-0.25, -0.2) is 0 Å². The van der Waals surface area contributed by atoms with Crippen LogP contribution in [0.5, 0.6) is 0 Å².